The lowest BCUT2D eigenvalue weighted by molar-refractivity contribution is -0.130. The van der Waals surface area contributed by atoms with E-state index >= 15 is 0 Å². The molecular formula is C19H23N3O3S. The molecule has 1 N–H and O–H groups in total. The molecule has 26 heavy (non-hydrogen) atoms. The van der Waals surface area contributed by atoms with Gasteiger partial charge in [-0.15, -0.1) is 0 Å². The second-order valence-electron chi connectivity index (χ2n) is 6.32. The standard InChI is InChI=1S/C19H23N3O3S/c1-16-7-9-18(10-8-16)26(24,25)22-13-11-21(12-14-22)19(23)15-20-17-5-3-2-4-6-17/h2-10,20H,11-15H2,1H3. The number of carbonyl (C=O) groups excluding carboxylic acids is 1. The van der Waals surface area contributed by atoms with Gasteiger partial charge in [0.25, 0.3) is 0 Å². The molecule has 1 saturated heterocycles. The van der Waals surface area contributed by atoms with Gasteiger partial charge in [0.15, 0.2) is 0 Å². The molecule has 1 aliphatic rings. The van der Waals surface area contributed by atoms with E-state index in [1.807, 2.05) is 37.3 Å². The lowest BCUT2D eigenvalue weighted by atomic mass is 10.2. The number of amides is 1. The normalized spacial score (nSPS) is 15.7. The van der Waals surface area contributed by atoms with E-state index in [1.165, 1.54) is 4.31 Å². The quantitative estimate of drug-likeness (QED) is 0.870. The molecule has 0 aromatic heterocycles. The number of anilines is 1. The minimum atomic E-state index is -3.50. The van der Waals surface area contributed by atoms with Gasteiger partial charge in [0.1, 0.15) is 0 Å². The Balaban J connectivity index is 1.55. The zero-order chi connectivity index (χ0) is 18.6. The summed E-state index contributed by atoms with van der Waals surface area (Å²) in [5, 5.41) is 3.09. The summed E-state index contributed by atoms with van der Waals surface area (Å²) in [7, 11) is -3.50. The summed E-state index contributed by atoms with van der Waals surface area (Å²) < 4.78 is 26.8. The molecule has 138 valence electrons. The number of nitrogens with one attached hydrogen (secondary N) is 1. The van der Waals surface area contributed by atoms with Crippen molar-refractivity contribution >= 4 is 21.6 Å². The van der Waals surface area contributed by atoms with Crippen LogP contribution in [0.4, 0.5) is 5.69 Å². The first-order chi connectivity index (χ1) is 12.5. The van der Waals surface area contributed by atoms with Gasteiger partial charge in [-0.1, -0.05) is 35.9 Å². The van der Waals surface area contributed by atoms with Crippen molar-refractivity contribution in [2.24, 2.45) is 0 Å². The van der Waals surface area contributed by atoms with Crippen LogP contribution in [0, 0.1) is 6.92 Å². The molecule has 1 amide bonds. The average Bonchev–Trinajstić information content (AvgIpc) is 2.67. The first kappa shape index (κ1) is 18.4. The van der Waals surface area contributed by atoms with E-state index in [9.17, 15) is 13.2 Å². The highest BCUT2D eigenvalue weighted by molar-refractivity contribution is 7.89. The molecule has 2 aromatic rings. The number of sulfonamides is 1. The van der Waals surface area contributed by atoms with Crippen LogP contribution in [0.3, 0.4) is 0 Å². The Morgan fingerprint density at radius 3 is 2.19 bits per heavy atom. The van der Waals surface area contributed by atoms with Crippen molar-refractivity contribution in [3.05, 3.63) is 60.2 Å². The first-order valence-corrected chi connectivity index (χ1v) is 10.0. The van der Waals surface area contributed by atoms with Crippen LogP contribution in [0.2, 0.25) is 0 Å². The molecule has 7 heteroatoms. The number of para-hydroxylation sites is 1. The second kappa shape index (κ2) is 7.88. The topological polar surface area (TPSA) is 69.7 Å². The molecular weight excluding hydrogens is 350 g/mol. The highest BCUT2D eigenvalue weighted by atomic mass is 32.2. The van der Waals surface area contributed by atoms with E-state index in [4.69, 9.17) is 0 Å². The van der Waals surface area contributed by atoms with Gasteiger partial charge in [-0.05, 0) is 31.2 Å². The SMILES string of the molecule is Cc1ccc(S(=O)(=O)N2CCN(C(=O)CNc3ccccc3)CC2)cc1. The third kappa shape index (κ3) is 4.23. The Morgan fingerprint density at radius 2 is 1.58 bits per heavy atom. The molecule has 1 aliphatic heterocycles. The monoisotopic (exact) mass is 373 g/mol. The summed E-state index contributed by atoms with van der Waals surface area (Å²) in [6.45, 7) is 3.56. The number of hydrogen-bond donors (Lipinski definition) is 1. The molecule has 1 fully saturated rings. The predicted octanol–water partition coefficient (Wildman–Crippen LogP) is 1.94. The number of hydrogen-bond acceptors (Lipinski definition) is 4. The Hall–Kier alpha value is -2.38. The molecule has 0 atom stereocenters. The Labute approximate surface area is 154 Å². The molecule has 0 radical (unpaired) electrons. The maximum absolute atomic E-state index is 12.7. The van der Waals surface area contributed by atoms with Crippen LogP contribution in [-0.2, 0) is 14.8 Å². The van der Waals surface area contributed by atoms with Crippen molar-refractivity contribution in [2.75, 3.05) is 38.0 Å². The molecule has 3 rings (SSSR count). The van der Waals surface area contributed by atoms with Crippen molar-refractivity contribution in [1.29, 1.82) is 0 Å². The third-order valence-electron chi connectivity index (χ3n) is 4.47. The Bertz CT molecular complexity index is 843. The van der Waals surface area contributed by atoms with Crippen LogP contribution in [0.1, 0.15) is 5.56 Å². The number of aryl methyl sites for hydroxylation is 1. The van der Waals surface area contributed by atoms with E-state index in [0.717, 1.165) is 11.3 Å². The molecule has 1 heterocycles. The number of piperazine rings is 1. The number of rotatable bonds is 5. The summed E-state index contributed by atoms with van der Waals surface area (Å²) in [6.07, 6.45) is 0. The van der Waals surface area contributed by atoms with E-state index < -0.39 is 10.0 Å². The first-order valence-electron chi connectivity index (χ1n) is 8.60. The fraction of sp³-hybridized carbons (Fsp3) is 0.316. The van der Waals surface area contributed by atoms with Gasteiger partial charge in [0.2, 0.25) is 15.9 Å². The van der Waals surface area contributed by atoms with Gasteiger partial charge in [0, 0.05) is 31.9 Å². The molecule has 0 spiro atoms. The van der Waals surface area contributed by atoms with Gasteiger partial charge in [-0.3, -0.25) is 4.79 Å². The predicted molar refractivity (Wildman–Crippen MR) is 101 cm³/mol. The zero-order valence-electron chi connectivity index (χ0n) is 14.8. The van der Waals surface area contributed by atoms with Crippen molar-refractivity contribution in [2.45, 2.75) is 11.8 Å². The summed E-state index contributed by atoms with van der Waals surface area (Å²) in [5.74, 6) is -0.0266. The van der Waals surface area contributed by atoms with Crippen LogP contribution in [0.5, 0.6) is 0 Å². The van der Waals surface area contributed by atoms with Crippen LogP contribution in [0.15, 0.2) is 59.5 Å². The van der Waals surface area contributed by atoms with Crippen molar-refractivity contribution in [3.63, 3.8) is 0 Å². The van der Waals surface area contributed by atoms with Crippen LogP contribution in [-0.4, -0.2) is 56.3 Å². The van der Waals surface area contributed by atoms with Crippen LogP contribution < -0.4 is 5.32 Å². The largest absolute Gasteiger partial charge is 0.376 e. The highest BCUT2D eigenvalue weighted by Crippen LogP contribution is 2.18. The van der Waals surface area contributed by atoms with Gasteiger partial charge < -0.3 is 10.2 Å². The second-order valence-corrected chi connectivity index (χ2v) is 8.26. The number of carbonyl (C=O) groups is 1. The van der Waals surface area contributed by atoms with E-state index in [1.54, 1.807) is 29.2 Å². The number of benzene rings is 2. The maximum atomic E-state index is 12.7. The zero-order valence-corrected chi connectivity index (χ0v) is 15.6. The van der Waals surface area contributed by atoms with E-state index in [-0.39, 0.29) is 12.5 Å². The van der Waals surface area contributed by atoms with Crippen molar-refractivity contribution in [3.8, 4) is 0 Å². The van der Waals surface area contributed by atoms with E-state index in [0.29, 0.717) is 31.1 Å². The average molecular weight is 373 g/mol. The van der Waals surface area contributed by atoms with Gasteiger partial charge >= 0.3 is 0 Å². The molecule has 6 nitrogen and oxygen atoms in total. The van der Waals surface area contributed by atoms with Crippen LogP contribution in [0.25, 0.3) is 0 Å². The van der Waals surface area contributed by atoms with Gasteiger partial charge in [-0.25, -0.2) is 8.42 Å². The van der Waals surface area contributed by atoms with Crippen molar-refractivity contribution < 1.29 is 13.2 Å². The molecule has 0 unspecified atom stereocenters. The Morgan fingerprint density at radius 1 is 0.962 bits per heavy atom. The molecule has 0 saturated carbocycles. The Kier molecular flexibility index (Phi) is 5.58. The minimum Gasteiger partial charge on any atom is -0.376 e. The summed E-state index contributed by atoms with van der Waals surface area (Å²) >= 11 is 0. The lowest BCUT2D eigenvalue weighted by Gasteiger charge is -2.34. The maximum Gasteiger partial charge on any atom is 0.243 e. The molecule has 0 aliphatic carbocycles. The van der Waals surface area contributed by atoms with E-state index in [2.05, 4.69) is 5.32 Å². The number of nitrogens with zero attached hydrogens (tertiary/aromatic N) is 2. The highest BCUT2D eigenvalue weighted by Gasteiger charge is 2.29. The fourth-order valence-electron chi connectivity index (χ4n) is 2.88. The van der Waals surface area contributed by atoms with Gasteiger partial charge in [-0.2, -0.15) is 4.31 Å². The third-order valence-corrected chi connectivity index (χ3v) is 6.38. The molecule has 2 aromatic carbocycles. The lowest BCUT2D eigenvalue weighted by Crippen LogP contribution is -2.51. The van der Waals surface area contributed by atoms with Crippen molar-refractivity contribution in [1.82, 2.24) is 9.21 Å². The molecule has 0 bridgehead atoms. The smallest absolute Gasteiger partial charge is 0.243 e. The fourth-order valence-corrected chi connectivity index (χ4v) is 4.30. The summed E-state index contributed by atoms with van der Waals surface area (Å²) in [5.41, 5.74) is 1.91. The summed E-state index contributed by atoms with van der Waals surface area (Å²) in [6, 6.07) is 16.4. The summed E-state index contributed by atoms with van der Waals surface area (Å²) in [4.78, 5) is 14.3. The van der Waals surface area contributed by atoms with Crippen LogP contribution >= 0.6 is 0 Å². The van der Waals surface area contributed by atoms with Gasteiger partial charge in [0.05, 0.1) is 11.4 Å². The minimum absolute atomic E-state index is 0.0266.